The number of carbonyl (C=O) groups excluding carboxylic acids is 1. The summed E-state index contributed by atoms with van der Waals surface area (Å²) >= 11 is 0. The van der Waals surface area contributed by atoms with Crippen LogP contribution in [0.4, 0.5) is 14.5 Å². The molecule has 1 heterocycles. The fourth-order valence-electron chi connectivity index (χ4n) is 2.58. The van der Waals surface area contributed by atoms with Crippen LogP contribution < -0.4 is 4.90 Å². The summed E-state index contributed by atoms with van der Waals surface area (Å²) in [4.78, 5) is 14.1. The Morgan fingerprint density at radius 3 is 2.55 bits per heavy atom. The maximum absolute atomic E-state index is 13.3. The Balaban J connectivity index is 1.99. The first-order valence-electron chi connectivity index (χ1n) is 6.43. The summed E-state index contributed by atoms with van der Waals surface area (Å²) < 4.78 is 26.5. The maximum atomic E-state index is 13.3. The summed E-state index contributed by atoms with van der Waals surface area (Å²) in [6, 6.07) is 8.55. The van der Waals surface area contributed by atoms with E-state index in [9.17, 15) is 13.6 Å². The van der Waals surface area contributed by atoms with Crippen LogP contribution >= 0.6 is 0 Å². The highest BCUT2D eigenvalue weighted by Crippen LogP contribution is 2.30. The summed E-state index contributed by atoms with van der Waals surface area (Å²) in [5, 5.41) is 0. The average molecular weight is 273 g/mol. The molecule has 2 nitrogen and oxygen atoms in total. The third-order valence-corrected chi connectivity index (χ3v) is 3.61. The van der Waals surface area contributed by atoms with Crippen LogP contribution in [0.5, 0.6) is 0 Å². The van der Waals surface area contributed by atoms with Crippen molar-refractivity contribution in [3.05, 3.63) is 64.7 Å². The number of hydrogen-bond acceptors (Lipinski definition) is 1. The average Bonchev–Trinajstić information content (AvgIpc) is 2.81. The first-order chi connectivity index (χ1) is 9.56. The van der Waals surface area contributed by atoms with Gasteiger partial charge in [-0.2, -0.15) is 0 Å². The molecule has 2 aromatic rings. The normalized spacial score (nSPS) is 13.4. The summed E-state index contributed by atoms with van der Waals surface area (Å²) in [6.45, 7) is 2.22. The molecule has 1 aliphatic heterocycles. The van der Waals surface area contributed by atoms with Gasteiger partial charge in [0.15, 0.2) is 0 Å². The van der Waals surface area contributed by atoms with E-state index in [1.165, 1.54) is 30.3 Å². The van der Waals surface area contributed by atoms with Crippen molar-refractivity contribution in [2.75, 3.05) is 11.4 Å². The molecule has 0 radical (unpaired) electrons. The summed E-state index contributed by atoms with van der Waals surface area (Å²) in [5.74, 6) is -0.946. The second-order valence-corrected chi connectivity index (χ2v) is 4.94. The second-order valence-electron chi connectivity index (χ2n) is 4.94. The van der Waals surface area contributed by atoms with Gasteiger partial charge in [0, 0.05) is 12.1 Å². The zero-order chi connectivity index (χ0) is 14.3. The Bertz CT molecular complexity index is 697. The smallest absolute Gasteiger partial charge is 0.258 e. The molecule has 0 bridgehead atoms. The van der Waals surface area contributed by atoms with Gasteiger partial charge < -0.3 is 4.90 Å². The molecule has 0 aliphatic carbocycles. The van der Waals surface area contributed by atoms with Crippen LogP contribution in [0.1, 0.15) is 21.5 Å². The predicted octanol–water partition coefficient (Wildman–Crippen LogP) is 3.48. The Kier molecular flexibility index (Phi) is 3.01. The van der Waals surface area contributed by atoms with E-state index in [2.05, 4.69) is 0 Å². The molecule has 2 aromatic carbocycles. The van der Waals surface area contributed by atoms with Gasteiger partial charge in [-0.25, -0.2) is 8.78 Å². The lowest BCUT2D eigenvalue weighted by molar-refractivity contribution is 0.0988. The van der Waals surface area contributed by atoms with Crippen molar-refractivity contribution >= 4 is 11.6 Å². The van der Waals surface area contributed by atoms with Crippen LogP contribution in [0.15, 0.2) is 36.4 Å². The van der Waals surface area contributed by atoms with Crippen molar-refractivity contribution in [1.29, 1.82) is 0 Å². The highest BCUT2D eigenvalue weighted by Gasteiger charge is 2.26. The van der Waals surface area contributed by atoms with Gasteiger partial charge in [0.1, 0.15) is 11.6 Å². The van der Waals surface area contributed by atoms with Crippen molar-refractivity contribution in [3.63, 3.8) is 0 Å². The molecule has 0 fully saturated rings. The van der Waals surface area contributed by atoms with Gasteiger partial charge >= 0.3 is 0 Å². The van der Waals surface area contributed by atoms with Gasteiger partial charge in [-0.1, -0.05) is 6.07 Å². The van der Waals surface area contributed by atoms with E-state index in [4.69, 9.17) is 0 Å². The minimum atomic E-state index is -0.369. The number of carbonyl (C=O) groups is 1. The SMILES string of the molecule is Cc1cc(F)ccc1C(=O)N1CCc2ccc(F)cc21. The number of benzene rings is 2. The highest BCUT2D eigenvalue weighted by atomic mass is 19.1. The Morgan fingerprint density at radius 1 is 1.10 bits per heavy atom. The molecule has 1 aliphatic rings. The van der Waals surface area contributed by atoms with E-state index < -0.39 is 0 Å². The molecule has 0 aromatic heterocycles. The summed E-state index contributed by atoms with van der Waals surface area (Å²) in [7, 11) is 0. The fourth-order valence-corrected chi connectivity index (χ4v) is 2.58. The molecule has 0 atom stereocenters. The topological polar surface area (TPSA) is 20.3 Å². The number of halogens is 2. The van der Waals surface area contributed by atoms with E-state index in [1.54, 1.807) is 17.9 Å². The molecular weight excluding hydrogens is 260 g/mol. The van der Waals surface area contributed by atoms with Crippen LogP contribution in [0.25, 0.3) is 0 Å². The molecular formula is C16H13F2NO. The van der Waals surface area contributed by atoms with Crippen molar-refractivity contribution in [1.82, 2.24) is 0 Å². The first kappa shape index (κ1) is 12.8. The van der Waals surface area contributed by atoms with Crippen LogP contribution in [-0.4, -0.2) is 12.5 Å². The minimum absolute atomic E-state index is 0.216. The van der Waals surface area contributed by atoms with Gasteiger partial charge in [0.25, 0.3) is 5.91 Å². The molecule has 0 unspecified atom stereocenters. The van der Waals surface area contributed by atoms with Crippen molar-refractivity contribution in [3.8, 4) is 0 Å². The van der Waals surface area contributed by atoms with Crippen LogP contribution in [0, 0.1) is 18.6 Å². The third kappa shape index (κ3) is 2.07. The molecule has 4 heteroatoms. The fraction of sp³-hybridized carbons (Fsp3) is 0.188. The number of nitrogens with zero attached hydrogens (tertiary/aromatic N) is 1. The van der Waals surface area contributed by atoms with Crippen LogP contribution in [0.3, 0.4) is 0 Å². The minimum Gasteiger partial charge on any atom is -0.308 e. The zero-order valence-corrected chi connectivity index (χ0v) is 11.0. The van der Waals surface area contributed by atoms with E-state index in [-0.39, 0.29) is 17.5 Å². The second kappa shape index (κ2) is 4.71. The van der Waals surface area contributed by atoms with Gasteiger partial charge in [-0.05, 0) is 54.8 Å². The molecule has 1 amide bonds. The molecule has 102 valence electrons. The Hall–Kier alpha value is -2.23. The van der Waals surface area contributed by atoms with Gasteiger partial charge in [-0.15, -0.1) is 0 Å². The Labute approximate surface area is 115 Å². The molecule has 3 rings (SSSR count). The van der Waals surface area contributed by atoms with Crippen LogP contribution in [-0.2, 0) is 6.42 Å². The van der Waals surface area contributed by atoms with E-state index in [0.29, 0.717) is 29.8 Å². The largest absolute Gasteiger partial charge is 0.308 e. The summed E-state index contributed by atoms with van der Waals surface area (Å²) in [5.41, 5.74) is 2.60. The lowest BCUT2D eigenvalue weighted by atomic mass is 10.1. The van der Waals surface area contributed by atoms with Gasteiger partial charge in [0.05, 0.1) is 5.69 Å². The molecule has 0 spiro atoms. The van der Waals surface area contributed by atoms with Crippen molar-refractivity contribution in [2.45, 2.75) is 13.3 Å². The third-order valence-electron chi connectivity index (χ3n) is 3.61. The summed E-state index contributed by atoms with van der Waals surface area (Å²) in [6.07, 6.45) is 0.710. The van der Waals surface area contributed by atoms with Crippen LogP contribution in [0.2, 0.25) is 0 Å². The number of anilines is 1. The molecule has 0 N–H and O–H groups in total. The van der Waals surface area contributed by atoms with E-state index >= 15 is 0 Å². The number of amides is 1. The zero-order valence-electron chi connectivity index (χ0n) is 11.0. The highest BCUT2D eigenvalue weighted by molar-refractivity contribution is 6.08. The molecule has 0 saturated carbocycles. The monoisotopic (exact) mass is 273 g/mol. The predicted molar refractivity (Wildman–Crippen MR) is 72.9 cm³/mol. The van der Waals surface area contributed by atoms with Crippen molar-refractivity contribution < 1.29 is 13.6 Å². The number of aryl methyl sites for hydroxylation is 1. The van der Waals surface area contributed by atoms with Crippen molar-refractivity contribution in [2.24, 2.45) is 0 Å². The standard InChI is InChI=1S/C16H13F2NO/c1-10-8-12(17)4-5-14(10)16(20)19-7-6-11-2-3-13(18)9-15(11)19/h2-5,8-9H,6-7H2,1H3. The lowest BCUT2D eigenvalue weighted by Crippen LogP contribution is -2.29. The molecule has 0 saturated heterocycles. The lowest BCUT2D eigenvalue weighted by Gasteiger charge is -2.18. The van der Waals surface area contributed by atoms with E-state index in [1.807, 2.05) is 0 Å². The molecule has 20 heavy (non-hydrogen) atoms. The first-order valence-corrected chi connectivity index (χ1v) is 6.43. The maximum Gasteiger partial charge on any atom is 0.258 e. The number of rotatable bonds is 1. The van der Waals surface area contributed by atoms with E-state index in [0.717, 1.165) is 5.56 Å². The quantitative estimate of drug-likeness (QED) is 0.779. The number of fused-ring (bicyclic) bond motifs is 1. The number of hydrogen-bond donors (Lipinski definition) is 0. The van der Waals surface area contributed by atoms with Gasteiger partial charge in [-0.3, -0.25) is 4.79 Å². The van der Waals surface area contributed by atoms with Gasteiger partial charge in [0.2, 0.25) is 0 Å². The Morgan fingerprint density at radius 2 is 1.80 bits per heavy atom.